The van der Waals surface area contributed by atoms with Crippen molar-refractivity contribution in [3.8, 4) is 0 Å². The molecule has 3 aromatic rings. The van der Waals surface area contributed by atoms with E-state index in [1.807, 2.05) is 12.1 Å². The van der Waals surface area contributed by atoms with Crippen LogP contribution in [0.25, 0.3) is 11.2 Å². The Morgan fingerprint density at radius 2 is 2.00 bits per heavy atom. The number of nitrogens with one attached hydrogen (secondary N) is 1. The molecule has 1 aromatic carbocycles. The SMILES string of the molecule is Nc1nc(S)nc2c1[nH]c(=O)n2Cc1ccc(Cl)cc1. The van der Waals surface area contributed by atoms with Gasteiger partial charge in [0, 0.05) is 5.02 Å². The summed E-state index contributed by atoms with van der Waals surface area (Å²) < 4.78 is 1.48. The number of anilines is 1. The Morgan fingerprint density at radius 3 is 2.70 bits per heavy atom. The molecule has 0 atom stereocenters. The number of thiol groups is 1. The quantitative estimate of drug-likeness (QED) is 0.496. The van der Waals surface area contributed by atoms with Gasteiger partial charge in [0.1, 0.15) is 5.52 Å². The van der Waals surface area contributed by atoms with E-state index in [1.165, 1.54) is 4.57 Å². The summed E-state index contributed by atoms with van der Waals surface area (Å²) in [5.74, 6) is 0.201. The molecule has 0 aliphatic carbocycles. The number of benzene rings is 1. The van der Waals surface area contributed by atoms with Gasteiger partial charge in [-0.25, -0.2) is 14.8 Å². The van der Waals surface area contributed by atoms with Crippen LogP contribution >= 0.6 is 24.2 Å². The summed E-state index contributed by atoms with van der Waals surface area (Å²) in [7, 11) is 0. The lowest BCUT2D eigenvalue weighted by atomic mass is 10.2. The maximum absolute atomic E-state index is 12.0. The van der Waals surface area contributed by atoms with Gasteiger partial charge in [0.15, 0.2) is 16.6 Å². The molecule has 8 heteroatoms. The van der Waals surface area contributed by atoms with Gasteiger partial charge in [0.25, 0.3) is 0 Å². The number of aromatic amines is 1. The molecule has 0 amide bonds. The van der Waals surface area contributed by atoms with E-state index in [0.29, 0.717) is 22.7 Å². The molecule has 0 saturated carbocycles. The first-order valence-corrected chi connectivity index (χ1v) is 6.56. The van der Waals surface area contributed by atoms with Crippen molar-refractivity contribution in [3.05, 3.63) is 45.3 Å². The first kappa shape index (κ1) is 13.0. The minimum atomic E-state index is -0.296. The Morgan fingerprint density at radius 1 is 1.30 bits per heavy atom. The van der Waals surface area contributed by atoms with Crippen LogP contribution in [0.5, 0.6) is 0 Å². The van der Waals surface area contributed by atoms with Crippen molar-refractivity contribution in [2.75, 3.05) is 5.73 Å². The molecule has 0 radical (unpaired) electrons. The Kier molecular flexibility index (Phi) is 3.15. The summed E-state index contributed by atoms with van der Waals surface area (Å²) in [6.07, 6.45) is 0. The first-order chi connectivity index (χ1) is 9.54. The highest BCUT2D eigenvalue weighted by Gasteiger charge is 2.13. The fraction of sp³-hybridized carbons (Fsp3) is 0.0833. The predicted octanol–water partition coefficient (Wildman–Crippen LogP) is 1.69. The van der Waals surface area contributed by atoms with E-state index in [1.54, 1.807) is 12.1 Å². The van der Waals surface area contributed by atoms with Gasteiger partial charge in [-0.1, -0.05) is 23.7 Å². The van der Waals surface area contributed by atoms with Gasteiger partial charge >= 0.3 is 5.69 Å². The second-order valence-corrected chi connectivity index (χ2v) is 5.09. The van der Waals surface area contributed by atoms with Crippen molar-refractivity contribution in [3.63, 3.8) is 0 Å². The molecule has 102 valence electrons. The summed E-state index contributed by atoms with van der Waals surface area (Å²) in [6.45, 7) is 0.361. The highest BCUT2D eigenvalue weighted by molar-refractivity contribution is 7.80. The average molecular weight is 308 g/mol. The third-order valence-corrected chi connectivity index (χ3v) is 3.34. The summed E-state index contributed by atoms with van der Waals surface area (Å²) >= 11 is 9.92. The van der Waals surface area contributed by atoms with Crippen molar-refractivity contribution < 1.29 is 0 Å². The third-order valence-electron chi connectivity index (χ3n) is 2.89. The van der Waals surface area contributed by atoms with E-state index in [-0.39, 0.29) is 16.7 Å². The third kappa shape index (κ3) is 2.25. The lowest BCUT2D eigenvalue weighted by Gasteiger charge is -2.04. The maximum Gasteiger partial charge on any atom is 0.328 e. The van der Waals surface area contributed by atoms with Crippen LogP contribution in [0.4, 0.5) is 5.82 Å². The first-order valence-electron chi connectivity index (χ1n) is 5.74. The lowest BCUT2D eigenvalue weighted by Crippen LogP contribution is -2.17. The number of nitrogens with two attached hydrogens (primary N) is 1. The monoisotopic (exact) mass is 307 g/mol. The number of nitrogens with zero attached hydrogens (tertiary/aromatic N) is 3. The van der Waals surface area contributed by atoms with E-state index < -0.39 is 0 Å². The highest BCUT2D eigenvalue weighted by Crippen LogP contribution is 2.17. The topological polar surface area (TPSA) is 89.6 Å². The number of H-pyrrole nitrogens is 1. The minimum Gasteiger partial charge on any atom is -0.382 e. The number of imidazole rings is 1. The van der Waals surface area contributed by atoms with Crippen molar-refractivity contribution in [2.45, 2.75) is 11.7 Å². The molecule has 2 aromatic heterocycles. The minimum absolute atomic E-state index is 0.201. The Hall–Kier alpha value is -1.99. The van der Waals surface area contributed by atoms with Crippen LogP contribution < -0.4 is 11.4 Å². The van der Waals surface area contributed by atoms with Crippen LogP contribution in [0, 0.1) is 0 Å². The molecular formula is C12H10ClN5OS. The molecular weight excluding hydrogens is 298 g/mol. The number of hydrogen-bond donors (Lipinski definition) is 3. The van der Waals surface area contributed by atoms with Gasteiger partial charge in [-0.05, 0) is 17.7 Å². The van der Waals surface area contributed by atoms with E-state index in [0.717, 1.165) is 5.56 Å². The summed E-state index contributed by atoms with van der Waals surface area (Å²) in [6, 6.07) is 7.23. The van der Waals surface area contributed by atoms with E-state index >= 15 is 0 Å². The summed E-state index contributed by atoms with van der Waals surface area (Å²) in [4.78, 5) is 22.7. The molecule has 0 spiro atoms. The van der Waals surface area contributed by atoms with Gasteiger partial charge in [0.2, 0.25) is 0 Å². The zero-order valence-corrected chi connectivity index (χ0v) is 11.8. The Bertz CT molecular complexity index is 839. The molecule has 0 saturated heterocycles. The molecule has 0 unspecified atom stereocenters. The zero-order chi connectivity index (χ0) is 14.3. The molecule has 2 heterocycles. The molecule has 0 aliphatic rings. The Labute approximate surface area is 124 Å². The average Bonchev–Trinajstić information content (AvgIpc) is 2.70. The molecule has 0 aliphatic heterocycles. The molecule has 3 rings (SSSR count). The van der Waals surface area contributed by atoms with Crippen molar-refractivity contribution >= 4 is 41.2 Å². The van der Waals surface area contributed by atoms with Gasteiger partial charge in [-0.3, -0.25) is 4.57 Å². The van der Waals surface area contributed by atoms with E-state index in [4.69, 9.17) is 17.3 Å². The largest absolute Gasteiger partial charge is 0.382 e. The van der Waals surface area contributed by atoms with Crippen LogP contribution in [0.15, 0.2) is 34.2 Å². The zero-order valence-electron chi connectivity index (χ0n) is 10.2. The van der Waals surface area contributed by atoms with E-state index in [9.17, 15) is 4.79 Å². The summed E-state index contributed by atoms with van der Waals surface area (Å²) in [5.41, 5.74) is 7.23. The van der Waals surface area contributed by atoms with Crippen LogP contribution in [0.3, 0.4) is 0 Å². The van der Waals surface area contributed by atoms with Gasteiger partial charge in [-0.15, -0.1) is 12.6 Å². The second kappa shape index (κ2) is 4.84. The number of aromatic nitrogens is 4. The fourth-order valence-corrected chi connectivity index (χ4v) is 2.29. The second-order valence-electron chi connectivity index (χ2n) is 4.25. The van der Waals surface area contributed by atoms with Crippen molar-refractivity contribution in [1.29, 1.82) is 0 Å². The fourth-order valence-electron chi connectivity index (χ4n) is 1.96. The molecule has 0 bridgehead atoms. The van der Waals surface area contributed by atoms with Gasteiger partial charge in [-0.2, -0.15) is 0 Å². The number of rotatable bonds is 2. The molecule has 0 fully saturated rings. The van der Waals surface area contributed by atoms with Crippen LogP contribution in [-0.4, -0.2) is 19.5 Å². The number of fused-ring (bicyclic) bond motifs is 1. The number of halogens is 1. The lowest BCUT2D eigenvalue weighted by molar-refractivity contribution is 0.771. The van der Waals surface area contributed by atoms with Crippen molar-refractivity contribution in [1.82, 2.24) is 19.5 Å². The van der Waals surface area contributed by atoms with Gasteiger partial charge < -0.3 is 10.7 Å². The molecule has 6 nitrogen and oxygen atoms in total. The number of nitrogen functional groups attached to an aromatic ring is 1. The van der Waals surface area contributed by atoms with Crippen LogP contribution in [0.1, 0.15) is 5.56 Å². The molecule has 20 heavy (non-hydrogen) atoms. The highest BCUT2D eigenvalue weighted by atomic mass is 35.5. The predicted molar refractivity (Wildman–Crippen MR) is 80.4 cm³/mol. The van der Waals surface area contributed by atoms with E-state index in [2.05, 4.69) is 27.6 Å². The Balaban J connectivity index is 2.13. The number of hydrogen-bond acceptors (Lipinski definition) is 5. The maximum atomic E-state index is 12.0. The molecule has 3 N–H and O–H groups in total. The van der Waals surface area contributed by atoms with Gasteiger partial charge in [0.05, 0.1) is 6.54 Å². The van der Waals surface area contributed by atoms with Crippen LogP contribution in [0.2, 0.25) is 5.02 Å². The smallest absolute Gasteiger partial charge is 0.328 e. The standard InChI is InChI=1S/C12H10ClN5OS/c13-7-3-1-6(2-4-7)5-18-10-8(15-12(18)19)9(14)16-11(20)17-10/h1-4H,5H2,(H,15,19)(H3,14,16,17,20). The normalized spacial score (nSPS) is 11.1. The van der Waals surface area contributed by atoms with Crippen molar-refractivity contribution in [2.24, 2.45) is 0 Å². The van der Waals surface area contributed by atoms with Crippen LogP contribution in [-0.2, 0) is 6.54 Å². The summed E-state index contributed by atoms with van der Waals surface area (Å²) in [5, 5.41) is 0.864.